The third kappa shape index (κ3) is 6.64. The predicted octanol–water partition coefficient (Wildman–Crippen LogP) is 1.94. The monoisotopic (exact) mass is 466 g/mol. The first-order valence-corrected chi connectivity index (χ1v) is 12.3. The number of nitrogens with two attached hydrogens (primary N) is 2. The summed E-state index contributed by atoms with van der Waals surface area (Å²) in [5.74, 6) is -0.221. The Bertz CT molecular complexity index is 886. The van der Waals surface area contributed by atoms with Crippen LogP contribution < -0.4 is 32.7 Å². The number of carbonyl (C=O) groups excluding carboxylic acids is 2. The summed E-state index contributed by atoms with van der Waals surface area (Å²) in [6.45, 7) is 6.30. The van der Waals surface area contributed by atoms with Crippen LogP contribution in [0.15, 0.2) is 36.4 Å². The molecule has 8 N–H and O–H groups in total. The number of ketones is 2. The van der Waals surface area contributed by atoms with E-state index in [1.54, 1.807) is 24.3 Å². The highest BCUT2D eigenvalue weighted by Crippen LogP contribution is 2.36. The first kappa shape index (κ1) is 25.8. The molecule has 3 rings (SSSR count). The molecule has 34 heavy (non-hydrogen) atoms. The van der Waals surface area contributed by atoms with Gasteiger partial charge in [0.1, 0.15) is 0 Å². The maximum absolute atomic E-state index is 13.4. The molecule has 0 aromatic heterocycles. The van der Waals surface area contributed by atoms with Gasteiger partial charge < -0.3 is 32.7 Å². The topological polar surface area (TPSA) is 134 Å². The van der Waals surface area contributed by atoms with E-state index in [1.165, 1.54) is 0 Å². The van der Waals surface area contributed by atoms with Gasteiger partial charge in [0.2, 0.25) is 0 Å². The van der Waals surface area contributed by atoms with Crippen molar-refractivity contribution in [1.82, 2.24) is 10.6 Å². The Morgan fingerprint density at radius 2 is 0.971 bits per heavy atom. The van der Waals surface area contributed by atoms with Crippen LogP contribution >= 0.6 is 0 Å². The lowest BCUT2D eigenvalue weighted by Crippen LogP contribution is -2.26. The Balaban J connectivity index is 1.72. The Kier molecular flexibility index (Phi) is 10.5. The number of benzene rings is 2. The Morgan fingerprint density at radius 3 is 1.38 bits per heavy atom. The van der Waals surface area contributed by atoms with Gasteiger partial charge in [-0.05, 0) is 77.1 Å². The van der Waals surface area contributed by atoms with Crippen LogP contribution in [0.2, 0.25) is 0 Å². The number of fused-ring (bicyclic) bond motifs is 2. The summed E-state index contributed by atoms with van der Waals surface area (Å²) in [7, 11) is 0. The largest absolute Gasteiger partial charge is 0.384 e. The number of rotatable bonds is 16. The second-order valence-corrected chi connectivity index (χ2v) is 8.46. The molecule has 0 amide bonds. The minimum absolute atomic E-state index is 0.110. The molecule has 0 saturated heterocycles. The molecule has 0 radical (unpaired) electrons. The average molecular weight is 467 g/mol. The normalized spacial score (nSPS) is 12.4. The van der Waals surface area contributed by atoms with E-state index in [-0.39, 0.29) is 11.6 Å². The van der Waals surface area contributed by atoms with E-state index in [9.17, 15) is 9.59 Å². The highest BCUT2D eigenvalue weighted by atomic mass is 16.1. The molecule has 2 aromatic rings. The van der Waals surface area contributed by atoms with Crippen molar-refractivity contribution < 1.29 is 9.59 Å². The molecule has 8 nitrogen and oxygen atoms in total. The molecule has 0 unspecified atom stereocenters. The average Bonchev–Trinajstić information content (AvgIpc) is 2.86. The van der Waals surface area contributed by atoms with Crippen LogP contribution in [-0.2, 0) is 0 Å². The van der Waals surface area contributed by atoms with Gasteiger partial charge in [-0.3, -0.25) is 9.59 Å². The predicted molar refractivity (Wildman–Crippen MR) is 139 cm³/mol. The van der Waals surface area contributed by atoms with Crippen molar-refractivity contribution in [3.05, 3.63) is 58.7 Å². The van der Waals surface area contributed by atoms with Gasteiger partial charge >= 0.3 is 0 Å². The lowest BCUT2D eigenvalue weighted by molar-refractivity contribution is 0.0980. The van der Waals surface area contributed by atoms with E-state index < -0.39 is 0 Å². The standard InChI is InChI=1S/C26H38N6O2/c27-11-3-13-29-15-5-17-31-21-9-10-22(32-18-6-16-30-14-4-12-28)24-23(21)25(33)19-7-1-2-8-20(19)26(24)34/h1-2,7-10,29-32H,3-6,11-18,27-28H2. The lowest BCUT2D eigenvalue weighted by Gasteiger charge is -2.24. The van der Waals surface area contributed by atoms with Crippen LogP contribution in [0.25, 0.3) is 0 Å². The summed E-state index contributed by atoms with van der Waals surface area (Å²) in [6.07, 6.45) is 3.70. The summed E-state index contributed by atoms with van der Waals surface area (Å²) in [5, 5.41) is 13.5. The van der Waals surface area contributed by atoms with Crippen molar-refractivity contribution >= 4 is 22.9 Å². The van der Waals surface area contributed by atoms with Crippen molar-refractivity contribution in [3.8, 4) is 0 Å². The van der Waals surface area contributed by atoms with E-state index in [4.69, 9.17) is 11.5 Å². The Hall–Kier alpha value is -2.78. The molecular formula is C26H38N6O2. The highest BCUT2D eigenvalue weighted by Gasteiger charge is 2.33. The van der Waals surface area contributed by atoms with Crippen LogP contribution in [0.4, 0.5) is 11.4 Å². The van der Waals surface area contributed by atoms with Gasteiger partial charge in [0.15, 0.2) is 11.6 Å². The van der Waals surface area contributed by atoms with E-state index in [1.807, 2.05) is 12.1 Å². The smallest absolute Gasteiger partial charge is 0.196 e. The van der Waals surface area contributed by atoms with E-state index in [2.05, 4.69) is 21.3 Å². The second-order valence-electron chi connectivity index (χ2n) is 8.46. The maximum Gasteiger partial charge on any atom is 0.196 e. The molecule has 0 fully saturated rings. The Morgan fingerprint density at radius 1 is 0.559 bits per heavy atom. The minimum atomic E-state index is -0.110. The zero-order valence-corrected chi connectivity index (χ0v) is 19.9. The van der Waals surface area contributed by atoms with E-state index in [0.717, 1.165) is 51.9 Å². The fraction of sp³-hybridized carbons (Fsp3) is 0.462. The third-order valence-corrected chi connectivity index (χ3v) is 5.88. The second kappa shape index (κ2) is 13.8. The maximum atomic E-state index is 13.4. The summed E-state index contributed by atoms with van der Waals surface area (Å²) in [5.41, 5.74) is 14.3. The molecular weight excluding hydrogens is 428 g/mol. The van der Waals surface area contributed by atoms with Crippen molar-refractivity contribution in [1.29, 1.82) is 0 Å². The molecule has 0 spiro atoms. The number of carbonyl (C=O) groups is 2. The van der Waals surface area contributed by atoms with E-state index >= 15 is 0 Å². The summed E-state index contributed by atoms with van der Waals surface area (Å²) < 4.78 is 0. The first-order valence-electron chi connectivity index (χ1n) is 12.3. The molecule has 0 heterocycles. The molecule has 0 atom stereocenters. The number of hydrogen-bond donors (Lipinski definition) is 6. The fourth-order valence-corrected chi connectivity index (χ4v) is 4.09. The quantitative estimate of drug-likeness (QED) is 0.176. The number of hydrogen-bond acceptors (Lipinski definition) is 8. The SMILES string of the molecule is NCCCNCCCNc1ccc(NCCCNCCCN)c2c1C(=O)c1ccccc1C2=O. The summed E-state index contributed by atoms with van der Waals surface area (Å²) in [4.78, 5) is 26.9. The van der Waals surface area contributed by atoms with E-state index in [0.29, 0.717) is 59.8 Å². The van der Waals surface area contributed by atoms with Crippen LogP contribution in [-0.4, -0.2) is 63.9 Å². The Labute approximate surface area is 202 Å². The van der Waals surface area contributed by atoms with Gasteiger partial charge in [0, 0.05) is 35.6 Å². The van der Waals surface area contributed by atoms with Gasteiger partial charge in [-0.2, -0.15) is 0 Å². The molecule has 8 heteroatoms. The minimum Gasteiger partial charge on any atom is -0.384 e. The van der Waals surface area contributed by atoms with Crippen molar-refractivity contribution in [2.24, 2.45) is 11.5 Å². The summed E-state index contributed by atoms with van der Waals surface area (Å²) in [6, 6.07) is 10.9. The fourth-order valence-electron chi connectivity index (χ4n) is 4.09. The summed E-state index contributed by atoms with van der Waals surface area (Å²) >= 11 is 0. The molecule has 2 aromatic carbocycles. The molecule has 0 saturated carbocycles. The van der Waals surface area contributed by atoms with Gasteiger partial charge in [-0.25, -0.2) is 0 Å². The zero-order chi connectivity index (χ0) is 24.2. The number of nitrogens with one attached hydrogen (secondary N) is 4. The van der Waals surface area contributed by atoms with Crippen molar-refractivity contribution in [2.45, 2.75) is 25.7 Å². The van der Waals surface area contributed by atoms with Crippen LogP contribution in [0.3, 0.4) is 0 Å². The molecule has 1 aliphatic carbocycles. The highest BCUT2D eigenvalue weighted by molar-refractivity contribution is 6.31. The first-order chi connectivity index (χ1) is 16.7. The van der Waals surface area contributed by atoms with Gasteiger partial charge in [0.25, 0.3) is 0 Å². The molecule has 0 aliphatic heterocycles. The lowest BCUT2D eigenvalue weighted by atomic mass is 9.82. The zero-order valence-electron chi connectivity index (χ0n) is 19.9. The van der Waals surface area contributed by atoms with Crippen LogP contribution in [0, 0.1) is 0 Å². The van der Waals surface area contributed by atoms with Gasteiger partial charge in [0.05, 0.1) is 11.1 Å². The van der Waals surface area contributed by atoms with Crippen molar-refractivity contribution in [3.63, 3.8) is 0 Å². The number of anilines is 2. The molecule has 184 valence electrons. The van der Waals surface area contributed by atoms with Crippen LogP contribution in [0.5, 0.6) is 0 Å². The van der Waals surface area contributed by atoms with Crippen LogP contribution in [0.1, 0.15) is 57.5 Å². The third-order valence-electron chi connectivity index (χ3n) is 5.88. The molecule has 0 bridgehead atoms. The molecule has 1 aliphatic rings. The van der Waals surface area contributed by atoms with Gasteiger partial charge in [-0.15, -0.1) is 0 Å². The van der Waals surface area contributed by atoms with Gasteiger partial charge in [-0.1, -0.05) is 24.3 Å². The van der Waals surface area contributed by atoms with Crippen molar-refractivity contribution in [2.75, 3.05) is 63.0 Å².